The van der Waals surface area contributed by atoms with Crippen molar-refractivity contribution in [3.05, 3.63) is 35.4 Å². The predicted octanol–water partition coefficient (Wildman–Crippen LogP) is 4.20. The molecule has 0 radical (unpaired) electrons. The van der Waals surface area contributed by atoms with Gasteiger partial charge in [-0.2, -0.15) is 0 Å². The van der Waals surface area contributed by atoms with E-state index in [0.717, 1.165) is 36.8 Å². The predicted molar refractivity (Wildman–Crippen MR) is 109 cm³/mol. The third-order valence-corrected chi connectivity index (χ3v) is 6.35. The lowest BCUT2D eigenvalue weighted by Crippen LogP contribution is -2.37. The van der Waals surface area contributed by atoms with Crippen molar-refractivity contribution in [1.82, 2.24) is 15.1 Å². The fraction of sp³-hybridized carbons (Fsp3) is 0.526. The Bertz CT molecular complexity index is 739. The van der Waals surface area contributed by atoms with E-state index in [2.05, 4.69) is 65.5 Å². The van der Waals surface area contributed by atoms with Crippen LogP contribution in [0.15, 0.2) is 28.6 Å². The number of piperidine rings is 1. The first-order chi connectivity index (χ1) is 12.5. The number of hydrogen-bond donors (Lipinski definition) is 1. The summed E-state index contributed by atoms with van der Waals surface area (Å²) < 4.78 is 0.906. The molecule has 0 unspecified atom stereocenters. The molecule has 0 bridgehead atoms. The van der Waals surface area contributed by atoms with Crippen LogP contribution in [0, 0.1) is 12.8 Å². The van der Waals surface area contributed by atoms with E-state index in [9.17, 15) is 4.79 Å². The summed E-state index contributed by atoms with van der Waals surface area (Å²) in [7, 11) is 0. The van der Waals surface area contributed by atoms with Gasteiger partial charge in [0, 0.05) is 17.7 Å². The van der Waals surface area contributed by atoms with Crippen LogP contribution in [0.25, 0.3) is 0 Å². The molecule has 0 spiro atoms. The number of thioether (sulfide) groups is 1. The van der Waals surface area contributed by atoms with Crippen molar-refractivity contribution in [2.45, 2.75) is 49.7 Å². The zero-order valence-corrected chi connectivity index (χ0v) is 17.2. The van der Waals surface area contributed by atoms with Crippen LogP contribution < -0.4 is 5.32 Å². The highest BCUT2D eigenvalue weighted by Gasteiger charge is 2.25. The summed E-state index contributed by atoms with van der Waals surface area (Å²) in [4.78, 5) is 14.9. The molecular weight excluding hydrogens is 364 g/mol. The van der Waals surface area contributed by atoms with Crippen LogP contribution in [0.5, 0.6) is 0 Å². The molecule has 1 aromatic heterocycles. The number of aromatic nitrogens is 2. The topological polar surface area (TPSA) is 58.1 Å². The van der Waals surface area contributed by atoms with Gasteiger partial charge < -0.3 is 5.32 Å². The summed E-state index contributed by atoms with van der Waals surface area (Å²) >= 11 is 3.13. The molecule has 2 heterocycles. The average molecular weight is 391 g/mol. The number of likely N-dealkylation sites (tertiary alicyclic amines) is 1. The summed E-state index contributed by atoms with van der Waals surface area (Å²) in [6.07, 6.45) is 1.79. The minimum atomic E-state index is 0.0638. The SMILES string of the molecule is Cc1cccc(CN2CCC(C(=O)Nc3nnc(SC(C)C)s3)CC2)c1. The second kappa shape index (κ2) is 8.97. The van der Waals surface area contributed by atoms with Crippen LogP contribution in [0.3, 0.4) is 0 Å². The molecule has 1 aromatic carbocycles. The highest BCUT2D eigenvalue weighted by Crippen LogP contribution is 2.29. The Kier molecular flexibility index (Phi) is 6.67. The molecule has 5 nitrogen and oxygen atoms in total. The van der Waals surface area contributed by atoms with E-state index in [-0.39, 0.29) is 11.8 Å². The number of carbonyl (C=O) groups is 1. The standard InChI is InChI=1S/C19H26N4OS2/c1-13(2)25-19-22-21-18(26-19)20-17(24)16-7-9-23(10-8-16)12-15-6-4-5-14(3)11-15/h4-6,11,13,16H,7-10,12H2,1-3H3,(H,20,21,24). The van der Waals surface area contributed by atoms with Crippen molar-refractivity contribution in [1.29, 1.82) is 0 Å². The van der Waals surface area contributed by atoms with Gasteiger partial charge in [0.25, 0.3) is 0 Å². The Balaban J connectivity index is 1.46. The molecule has 0 aliphatic carbocycles. The summed E-state index contributed by atoms with van der Waals surface area (Å²) in [5.41, 5.74) is 2.64. The molecule has 1 amide bonds. The first kappa shape index (κ1) is 19.3. The van der Waals surface area contributed by atoms with E-state index >= 15 is 0 Å². The highest BCUT2D eigenvalue weighted by molar-refractivity contribution is 8.01. The van der Waals surface area contributed by atoms with Gasteiger partial charge in [0.05, 0.1) is 0 Å². The number of amides is 1. The molecule has 1 aliphatic rings. The molecule has 3 rings (SSSR count). The molecule has 2 aromatic rings. The number of hydrogen-bond acceptors (Lipinski definition) is 6. The summed E-state index contributed by atoms with van der Waals surface area (Å²) in [6.45, 7) is 9.23. The van der Waals surface area contributed by atoms with E-state index in [0.29, 0.717) is 10.4 Å². The fourth-order valence-electron chi connectivity index (χ4n) is 3.14. The van der Waals surface area contributed by atoms with Crippen molar-refractivity contribution in [3.63, 3.8) is 0 Å². The third-order valence-electron chi connectivity index (χ3n) is 4.42. The molecular formula is C19H26N4OS2. The summed E-state index contributed by atoms with van der Waals surface area (Å²) in [5, 5.41) is 12.2. The number of rotatable bonds is 6. The second-order valence-corrected chi connectivity index (χ2v) is 9.87. The smallest absolute Gasteiger partial charge is 0.229 e. The van der Waals surface area contributed by atoms with Crippen LogP contribution in [-0.2, 0) is 11.3 Å². The maximum absolute atomic E-state index is 12.5. The normalized spacial score (nSPS) is 16.2. The molecule has 1 fully saturated rings. The average Bonchev–Trinajstić information content (AvgIpc) is 3.01. The molecule has 7 heteroatoms. The lowest BCUT2D eigenvalue weighted by molar-refractivity contribution is -0.121. The first-order valence-electron chi connectivity index (χ1n) is 9.08. The Labute approximate surface area is 163 Å². The lowest BCUT2D eigenvalue weighted by Gasteiger charge is -2.31. The molecule has 0 atom stereocenters. The van der Waals surface area contributed by atoms with Crippen molar-refractivity contribution in [3.8, 4) is 0 Å². The Morgan fingerprint density at radius 2 is 2.12 bits per heavy atom. The van der Waals surface area contributed by atoms with Crippen LogP contribution in [0.4, 0.5) is 5.13 Å². The highest BCUT2D eigenvalue weighted by atomic mass is 32.2. The van der Waals surface area contributed by atoms with Crippen LogP contribution in [0.2, 0.25) is 0 Å². The van der Waals surface area contributed by atoms with E-state index in [4.69, 9.17) is 0 Å². The Morgan fingerprint density at radius 3 is 2.81 bits per heavy atom. The largest absolute Gasteiger partial charge is 0.300 e. The summed E-state index contributed by atoms with van der Waals surface area (Å²) in [6, 6.07) is 8.65. The third kappa shape index (κ3) is 5.53. The van der Waals surface area contributed by atoms with Crippen LogP contribution in [-0.4, -0.2) is 39.3 Å². The van der Waals surface area contributed by atoms with E-state index in [1.165, 1.54) is 22.5 Å². The number of anilines is 1. The van der Waals surface area contributed by atoms with Crippen molar-refractivity contribution < 1.29 is 4.79 Å². The molecule has 140 valence electrons. The number of nitrogens with zero attached hydrogens (tertiary/aromatic N) is 3. The van der Waals surface area contributed by atoms with Gasteiger partial charge in [-0.05, 0) is 38.4 Å². The maximum atomic E-state index is 12.5. The molecule has 0 saturated carbocycles. The minimum Gasteiger partial charge on any atom is -0.300 e. The monoisotopic (exact) mass is 390 g/mol. The van der Waals surface area contributed by atoms with Gasteiger partial charge in [0.1, 0.15) is 0 Å². The van der Waals surface area contributed by atoms with Crippen LogP contribution >= 0.6 is 23.1 Å². The molecule has 1 aliphatic heterocycles. The number of nitrogens with one attached hydrogen (secondary N) is 1. The Hall–Kier alpha value is -1.44. The van der Waals surface area contributed by atoms with E-state index < -0.39 is 0 Å². The first-order valence-corrected chi connectivity index (χ1v) is 10.8. The number of carbonyl (C=O) groups excluding carboxylic acids is 1. The Morgan fingerprint density at radius 1 is 1.35 bits per heavy atom. The van der Waals surface area contributed by atoms with Gasteiger partial charge in [-0.15, -0.1) is 10.2 Å². The van der Waals surface area contributed by atoms with Gasteiger partial charge in [-0.25, -0.2) is 0 Å². The van der Waals surface area contributed by atoms with E-state index in [1.54, 1.807) is 11.8 Å². The van der Waals surface area contributed by atoms with Gasteiger partial charge in [-0.1, -0.05) is 66.8 Å². The quantitative estimate of drug-likeness (QED) is 0.592. The van der Waals surface area contributed by atoms with Gasteiger partial charge in [0.15, 0.2) is 4.34 Å². The number of aryl methyl sites for hydroxylation is 1. The molecule has 26 heavy (non-hydrogen) atoms. The summed E-state index contributed by atoms with van der Waals surface area (Å²) in [5.74, 6) is 0.145. The van der Waals surface area contributed by atoms with Crippen molar-refractivity contribution >= 4 is 34.1 Å². The van der Waals surface area contributed by atoms with Crippen molar-refractivity contribution in [2.75, 3.05) is 18.4 Å². The maximum Gasteiger partial charge on any atom is 0.229 e. The second-order valence-electron chi connectivity index (χ2n) is 7.07. The molecule has 1 N–H and O–H groups in total. The lowest BCUT2D eigenvalue weighted by atomic mass is 9.95. The van der Waals surface area contributed by atoms with Gasteiger partial charge in [-0.3, -0.25) is 9.69 Å². The zero-order valence-electron chi connectivity index (χ0n) is 15.6. The zero-order chi connectivity index (χ0) is 18.5. The van der Waals surface area contributed by atoms with E-state index in [1.807, 2.05) is 0 Å². The van der Waals surface area contributed by atoms with Gasteiger partial charge >= 0.3 is 0 Å². The molecule has 1 saturated heterocycles. The fourth-order valence-corrected chi connectivity index (χ4v) is 5.12. The van der Waals surface area contributed by atoms with Crippen LogP contribution in [0.1, 0.15) is 37.8 Å². The minimum absolute atomic E-state index is 0.0638. The number of benzene rings is 1. The van der Waals surface area contributed by atoms with Crippen molar-refractivity contribution in [2.24, 2.45) is 5.92 Å². The van der Waals surface area contributed by atoms with Gasteiger partial charge in [0.2, 0.25) is 11.0 Å².